The fourth-order valence-electron chi connectivity index (χ4n) is 4.94. The highest BCUT2D eigenvalue weighted by molar-refractivity contribution is 6.23. The van der Waals surface area contributed by atoms with Gasteiger partial charge in [0.05, 0.1) is 30.6 Å². The molecule has 0 aliphatic heterocycles. The molecule has 2 N–H and O–H groups in total. The molecule has 2 aromatic carbocycles. The van der Waals surface area contributed by atoms with Crippen LogP contribution in [0.25, 0.3) is 16.5 Å². The summed E-state index contributed by atoms with van der Waals surface area (Å²) in [6, 6.07) is 16.1. The van der Waals surface area contributed by atoms with E-state index in [9.17, 15) is 9.59 Å². The Morgan fingerprint density at radius 2 is 1.93 bits per heavy atom. The lowest BCUT2D eigenvalue weighted by Crippen LogP contribution is -2.25. The van der Waals surface area contributed by atoms with Crippen molar-refractivity contribution >= 4 is 28.2 Å². The van der Waals surface area contributed by atoms with Crippen LogP contribution in [0, 0.1) is 6.92 Å². The first-order valence-corrected chi connectivity index (χ1v) is 14.2. The van der Waals surface area contributed by atoms with Gasteiger partial charge in [-0.1, -0.05) is 49.8 Å². The number of nitrogens with zero attached hydrogens (tertiary/aromatic N) is 3. The molecule has 1 aliphatic carbocycles. The molecule has 1 amide bonds. The van der Waals surface area contributed by atoms with Crippen molar-refractivity contribution in [2.24, 2.45) is 0 Å². The summed E-state index contributed by atoms with van der Waals surface area (Å²) >= 11 is 0. The third-order valence-electron chi connectivity index (χ3n) is 7.39. The van der Waals surface area contributed by atoms with E-state index in [1.807, 2.05) is 31.2 Å². The summed E-state index contributed by atoms with van der Waals surface area (Å²) in [5, 5.41) is 8.24. The largest absolute Gasteiger partial charge is 0.494 e. The molecule has 2 heterocycles. The minimum Gasteiger partial charge on any atom is -0.494 e. The number of Topliss-reactive ketones (excluding diaryl/α,β-unsaturated/α-hetero) is 1. The second-order valence-corrected chi connectivity index (χ2v) is 10.4. The molecule has 0 spiro atoms. The third-order valence-corrected chi connectivity index (χ3v) is 7.39. The van der Waals surface area contributed by atoms with Gasteiger partial charge in [0.2, 0.25) is 0 Å². The van der Waals surface area contributed by atoms with Gasteiger partial charge < -0.3 is 19.9 Å². The summed E-state index contributed by atoms with van der Waals surface area (Å²) in [5.74, 6) is 0.534. The number of rotatable bonds is 12. The molecule has 4 aromatic rings. The maximum Gasteiger partial charge on any atom is 0.258 e. The second-order valence-electron chi connectivity index (χ2n) is 10.4. The fraction of sp³-hybridized carbons (Fsp3) is 0.303. The van der Waals surface area contributed by atoms with E-state index in [-0.39, 0.29) is 18.1 Å². The quantitative estimate of drug-likeness (QED) is 0.227. The fourth-order valence-corrected chi connectivity index (χ4v) is 4.94. The summed E-state index contributed by atoms with van der Waals surface area (Å²) in [6.45, 7) is 10.7. The Bertz CT molecular complexity index is 1590. The minimum absolute atomic E-state index is 0.00616. The van der Waals surface area contributed by atoms with Gasteiger partial charge in [-0.2, -0.15) is 5.10 Å². The predicted octanol–water partition coefficient (Wildman–Crippen LogP) is 5.50. The Hall–Kier alpha value is -4.43. The molecule has 0 atom stereocenters. The number of allylic oxidation sites excluding steroid dienone is 3. The van der Waals surface area contributed by atoms with Crippen LogP contribution in [-0.4, -0.2) is 57.6 Å². The summed E-state index contributed by atoms with van der Waals surface area (Å²) in [5.41, 5.74) is 5.53. The second kappa shape index (κ2) is 12.8. The van der Waals surface area contributed by atoms with Gasteiger partial charge in [-0.15, -0.1) is 0 Å². The summed E-state index contributed by atoms with van der Waals surface area (Å²) in [7, 11) is 0. The number of ether oxygens (including phenoxy) is 1. The van der Waals surface area contributed by atoms with Gasteiger partial charge >= 0.3 is 0 Å². The number of hydrogen-bond donors (Lipinski definition) is 2. The zero-order valence-electron chi connectivity index (χ0n) is 23.9. The number of aryl methyl sites for hydroxylation is 1. The zero-order valence-corrected chi connectivity index (χ0v) is 23.9. The molecule has 0 unspecified atom stereocenters. The van der Waals surface area contributed by atoms with Crippen molar-refractivity contribution in [1.29, 1.82) is 0 Å². The van der Waals surface area contributed by atoms with Crippen molar-refractivity contribution < 1.29 is 14.3 Å². The average Bonchev–Trinajstić information content (AvgIpc) is 3.62. The minimum atomic E-state index is -0.268. The van der Waals surface area contributed by atoms with E-state index < -0.39 is 0 Å². The number of amides is 1. The Morgan fingerprint density at radius 3 is 2.71 bits per heavy atom. The molecule has 8 nitrogen and oxygen atoms in total. The summed E-state index contributed by atoms with van der Waals surface area (Å²) in [4.78, 5) is 31.5. The van der Waals surface area contributed by atoms with E-state index in [0.29, 0.717) is 30.0 Å². The topological polar surface area (TPSA) is 92.2 Å². The first-order chi connectivity index (χ1) is 19.9. The van der Waals surface area contributed by atoms with Gasteiger partial charge in [-0.3, -0.25) is 14.3 Å². The van der Waals surface area contributed by atoms with Crippen molar-refractivity contribution in [2.45, 2.75) is 40.2 Å². The Balaban J connectivity index is 1.23. The number of aromatic amines is 1. The highest BCUT2D eigenvalue weighted by Crippen LogP contribution is 2.28. The Kier molecular flexibility index (Phi) is 8.79. The number of H-pyrrole nitrogens is 1. The van der Waals surface area contributed by atoms with E-state index in [4.69, 9.17) is 4.74 Å². The van der Waals surface area contributed by atoms with Gasteiger partial charge in [-0.05, 0) is 62.3 Å². The number of fused-ring (bicyclic) bond motifs is 1. The van der Waals surface area contributed by atoms with Crippen LogP contribution in [0.2, 0.25) is 0 Å². The monoisotopic (exact) mass is 551 g/mol. The lowest BCUT2D eigenvalue weighted by atomic mass is 9.98. The number of benzene rings is 2. The third kappa shape index (κ3) is 7.02. The highest BCUT2D eigenvalue weighted by Gasteiger charge is 2.20. The number of carbonyl (C=O) groups is 2. The van der Waals surface area contributed by atoms with Crippen LogP contribution >= 0.6 is 0 Å². The predicted molar refractivity (Wildman–Crippen MR) is 162 cm³/mol. The molecule has 0 radical (unpaired) electrons. The SMILES string of the molecule is CCN(CC)CCCOc1ccc2[nH]c(C3=CC(NC(=O)c4cnn(Cc5ccc(C)cc5)c4)=CCC3=O)cc2c1. The maximum absolute atomic E-state index is 13.0. The summed E-state index contributed by atoms with van der Waals surface area (Å²) < 4.78 is 7.73. The number of hydrogen-bond acceptors (Lipinski definition) is 5. The van der Waals surface area contributed by atoms with Crippen LogP contribution in [0.5, 0.6) is 5.75 Å². The van der Waals surface area contributed by atoms with E-state index in [2.05, 4.69) is 58.4 Å². The first kappa shape index (κ1) is 28.1. The molecular weight excluding hydrogens is 514 g/mol. The van der Waals surface area contributed by atoms with Crippen LogP contribution in [0.4, 0.5) is 0 Å². The Morgan fingerprint density at radius 1 is 1.12 bits per heavy atom. The molecule has 5 rings (SSSR count). The van der Waals surface area contributed by atoms with Crippen molar-refractivity contribution in [2.75, 3.05) is 26.2 Å². The molecule has 0 bridgehead atoms. The van der Waals surface area contributed by atoms with Crippen LogP contribution in [0.3, 0.4) is 0 Å². The maximum atomic E-state index is 13.0. The number of ketones is 1. The Labute approximate surface area is 240 Å². The van der Waals surface area contributed by atoms with Gasteiger partial charge in [0, 0.05) is 41.3 Å². The molecule has 8 heteroatoms. The smallest absolute Gasteiger partial charge is 0.258 e. The zero-order chi connectivity index (χ0) is 28.8. The molecule has 0 fully saturated rings. The van der Waals surface area contributed by atoms with Crippen molar-refractivity contribution in [1.82, 2.24) is 25.0 Å². The molecule has 1 aliphatic rings. The molecule has 212 valence electrons. The molecule has 2 aromatic heterocycles. The lowest BCUT2D eigenvalue weighted by Gasteiger charge is -2.17. The van der Waals surface area contributed by atoms with E-state index in [0.717, 1.165) is 54.0 Å². The van der Waals surface area contributed by atoms with Crippen molar-refractivity contribution in [3.05, 3.63) is 101 Å². The van der Waals surface area contributed by atoms with E-state index in [1.165, 1.54) is 5.56 Å². The average molecular weight is 552 g/mol. The van der Waals surface area contributed by atoms with Crippen LogP contribution in [0.15, 0.2) is 78.8 Å². The van der Waals surface area contributed by atoms with Gasteiger partial charge in [0.15, 0.2) is 5.78 Å². The van der Waals surface area contributed by atoms with Crippen LogP contribution in [-0.2, 0) is 11.3 Å². The molecule has 0 saturated carbocycles. The van der Waals surface area contributed by atoms with E-state index >= 15 is 0 Å². The first-order valence-electron chi connectivity index (χ1n) is 14.2. The molecule has 41 heavy (non-hydrogen) atoms. The van der Waals surface area contributed by atoms with Gasteiger partial charge in [-0.25, -0.2) is 0 Å². The number of nitrogens with one attached hydrogen (secondary N) is 2. The highest BCUT2D eigenvalue weighted by atomic mass is 16.5. The number of carbonyl (C=O) groups excluding carboxylic acids is 2. The van der Waals surface area contributed by atoms with Crippen LogP contribution < -0.4 is 10.1 Å². The van der Waals surface area contributed by atoms with Crippen molar-refractivity contribution in [3.63, 3.8) is 0 Å². The molecular formula is C33H37N5O3. The molecule has 0 saturated heterocycles. The lowest BCUT2D eigenvalue weighted by molar-refractivity contribution is -0.113. The number of aromatic nitrogens is 3. The van der Waals surface area contributed by atoms with Gasteiger partial charge in [0.25, 0.3) is 5.91 Å². The van der Waals surface area contributed by atoms with Gasteiger partial charge in [0.1, 0.15) is 5.75 Å². The van der Waals surface area contributed by atoms with Crippen molar-refractivity contribution in [3.8, 4) is 5.75 Å². The standard InChI is InChI=1S/C33H37N5O3/c1-4-37(5-2)15-6-16-41-28-12-13-30-25(17-28)18-31(36-30)29-19-27(11-14-32(29)39)35-33(40)26-20-34-38(22-26)21-24-9-7-23(3)8-10-24/h7-13,17-20,22,36H,4-6,14-16,21H2,1-3H3,(H,35,40). The van der Waals surface area contributed by atoms with Crippen LogP contribution in [0.1, 0.15) is 53.9 Å². The van der Waals surface area contributed by atoms with E-state index in [1.54, 1.807) is 29.2 Å². The normalized spacial score (nSPS) is 13.4. The summed E-state index contributed by atoms with van der Waals surface area (Å²) in [6.07, 6.45) is 7.94.